The molecule has 0 saturated heterocycles. The molecule has 0 aromatic carbocycles. The SMILES string of the molecule is C1CC2CCC3CCC1C23. The van der Waals surface area contributed by atoms with Crippen molar-refractivity contribution in [1.29, 1.82) is 0 Å². The van der Waals surface area contributed by atoms with Crippen molar-refractivity contribution in [3.05, 3.63) is 0 Å². The Kier molecular flexibility index (Phi) is 1.00. The van der Waals surface area contributed by atoms with Gasteiger partial charge in [-0.3, -0.25) is 0 Å². The molecule has 10 heavy (non-hydrogen) atoms. The summed E-state index contributed by atoms with van der Waals surface area (Å²) in [5, 5.41) is 0. The molecule has 0 bridgehead atoms. The highest BCUT2D eigenvalue weighted by atomic mass is 14.5. The maximum atomic E-state index is 1.59. The van der Waals surface area contributed by atoms with Gasteiger partial charge in [-0.25, -0.2) is 0 Å². The molecule has 3 rings (SSSR count). The normalized spacial score (nSPS) is 57.6. The quantitative estimate of drug-likeness (QED) is 0.480. The fourth-order valence-corrected chi connectivity index (χ4v) is 4.03. The number of rotatable bonds is 0. The average molecular weight is 136 g/mol. The Bertz CT molecular complexity index is 110. The van der Waals surface area contributed by atoms with E-state index in [0.29, 0.717) is 0 Å². The van der Waals surface area contributed by atoms with E-state index in [9.17, 15) is 0 Å². The number of hydrogen-bond donors (Lipinski definition) is 0. The third kappa shape index (κ3) is 0.538. The maximum absolute atomic E-state index is 1.59. The van der Waals surface area contributed by atoms with Crippen molar-refractivity contribution >= 4 is 0 Å². The van der Waals surface area contributed by atoms with Gasteiger partial charge < -0.3 is 0 Å². The van der Waals surface area contributed by atoms with Gasteiger partial charge in [0.25, 0.3) is 0 Å². The Morgan fingerprint density at radius 2 is 0.800 bits per heavy atom. The Morgan fingerprint density at radius 3 is 1.10 bits per heavy atom. The Balaban J connectivity index is 1.94. The summed E-state index contributed by atoms with van der Waals surface area (Å²) in [5.74, 6) is 4.80. The fraction of sp³-hybridized carbons (Fsp3) is 1.00. The van der Waals surface area contributed by atoms with Crippen molar-refractivity contribution in [3.8, 4) is 0 Å². The minimum Gasteiger partial charge on any atom is -0.0499 e. The van der Waals surface area contributed by atoms with Crippen molar-refractivity contribution in [2.75, 3.05) is 0 Å². The minimum absolute atomic E-state index is 1.19. The monoisotopic (exact) mass is 136 g/mol. The van der Waals surface area contributed by atoms with Gasteiger partial charge >= 0.3 is 0 Å². The summed E-state index contributed by atoms with van der Waals surface area (Å²) < 4.78 is 0. The lowest BCUT2D eigenvalue weighted by molar-refractivity contribution is 0.356. The van der Waals surface area contributed by atoms with Crippen molar-refractivity contribution < 1.29 is 0 Å². The molecule has 0 atom stereocenters. The lowest BCUT2D eigenvalue weighted by Crippen LogP contribution is -2.07. The summed E-state index contributed by atoms with van der Waals surface area (Å²) >= 11 is 0. The zero-order valence-corrected chi connectivity index (χ0v) is 6.55. The summed E-state index contributed by atoms with van der Waals surface area (Å²) in [5.41, 5.74) is 0. The molecule has 0 heterocycles. The van der Waals surface area contributed by atoms with E-state index in [2.05, 4.69) is 0 Å². The largest absolute Gasteiger partial charge is 0.0499 e. The van der Waals surface area contributed by atoms with E-state index in [4.69, 9.17) is 0 Å². The highest BCUT2D eigenvalue weighted by molar-refractivity contribution is 4.98. The average Bonchev–Trinajstić information content (AvgIpc) is 2.56. The lowest BCUT2D eigenvalue weighted by Gasteiger charge is -2.12. The first kappa shape index (κ1) is 5.62. The molecule has 0 nitrogen and oxygen atoms in total. The van der Waals surface area contributed by atoms with Gasteiger partial charge in [-0.05, 0) is 62.2 Å². The van der Waals surface area contributed by atoms with Gasteiger partial charge in [0.15, 0.2) is 0 Å². The van der Waals surface area contributed by atoms with Gasteiger partial charge in [-0.15, -0.1) is 0 Å². The van der Waals surface area contributed by atoms with Gasteiger partial charge in [0.2, 0.25) is 0 Å². The summed E-state index contributed by atoms with van der Waals surface area (Å²) in [6.45, 7) is 0. The van der Waals surface area contributed by atoms with Crippen molar-refractivity contribution in [3.63, 3.8) is 0 Å². The van der Waals surface area contributed by atoms with E-state index in [0.717, 1.165) is 0 Å². The predicted molar refractivity (Wildman–Crippen MR) is 41.7 cm³/mol. The highest BCUT2D eigenvalue weighted by Crippen LogP contribution is 2.58. The van der Waals surface area contributed by atoms with E-state index < -0.39 is 0 Å². The van der Waals surface area contributed by atoms with Crippen LogP contribution < -0.4 is 0 Å². The molecular formula is C10H16. The first-order valence-corrected chi connectivity index (χ1v) is 4.95. The molecule has 0 amide bonds. The second kappa shape index (κ2) is 1.78. The summed E-state index contributed by atoms with van der Waals surface area (Å²) in [6.07, 6.45) is 9.53. The maximum Gasteiger partial charge on any atom is -0.0329 e. The minimum atomic E-state index is 1.19. The van der Waals surface area contributed by atoms with Crippen LogP contribution in [0, 0.1) is 23.7 Å². The van der Waals surface area contributed by atoms with E-state index in [1.54, 1.807) is 38.5 Å². The molecule has 3 aliphatic rings. The second-order valence-corrected chi connectivity index (χ2v) is 4.59. The first-order valence-electron chi connectivity index (χ1n) is 4.95. The topological polar surface area (TPSA) is 0 Å². The predicted octanol–water partition coefficient (Wildman–Crippen LogP) is 2.83. The van der Waals surface area contributed by atoms with Crippen LogP contribution in [-0.4, -0.2) is 0 Å². The van der Waals surface area contributed by atoms with E-state index >= 15 is 0 Å². The zero-order chi connectivity index (χ0) is 6.55. The molecule has 56 valence electrons. The Morgan fingerprint density at radius 1 is 0.500 bits per heavy atom. The molecule has 0 unspecified atom stereocenters. The molecule has 0 spiro atoms. The van der Waals surface area contributed by atoms with Crippen LogP contribution >= 0.6 is 0 Å². The Labute approximate surface area is 63.0 Å². The van der Waals surface area contributed by atoms with Crippen LogP contribution in [0.5, 0.6) is 0 Å². The molecule has 3 fully saturated rings. The third-order valence-corrected chi connectivity index (χ3v) is 4.36. The van der Waals surface area contributed by atoms with Gasteiger partial charge in [-0.1, -0.05) is 0 Å². The molecule has 0 radical (unpaired) electrons. The summed E-state index contributed by atoms with van der Waals surface area (Å²) in [6, 6.07) is 0. The van der Waals surface area contributed by atoms with E-state index in [1.807, 2.05) is 0 Å². The molecule has 0 aromatic rings. The van der Waals surface area contributed by atoms with Gasteiger partial charge in [0.1, 0.15) is 0 Å². The molecule has 3 aliphatic carbocycles. The van der Waals surface area contributed by atoms with Crippen molar-refractivity contribution in [2.45, 2.75) is 38.5 Å². The van der Waals surface area contributed by atoms with Crippen LogP contribution in [-0.2, 0) is 0 Å². The smallest absolute Gasteiger partial charge is 0.0329 e. The fourth-order valence-electron chi connectivity index (χ4n) is 4.03. The van der Waals surface area contributed by atoms with Gasteiger partial charge in [0.05, 0.1) is 0 Å². The lowest BCUT2D eigenvalue weighted by atomic mass is 9.93. The molecular weight excluding hydrogens is 120 g/mol. The van der Waals surface area contributed by atoms with Crippen molar-refractivity contribution in [2.24, 2.45) is 23.7 Å². The molecule has 3 saturated carbocycles. The van der Waals surface area contributed by atoms with E-state index in [-0.39, 0.29) is 0 Å². The third-order valence-electron chi connectivity index (χ3n) is 4.36. The molecule has 0 aromatic heterocycles. The zero-order valence-electron chi connectivity index (χ0n) is 6.55. The first-order chi connectivity index (χ1) is 4.95. The Hall–Kier alpha value is 0. The van der Waals surface area contributed by atoms with Crippen LogP contribution in [0.4, 0.5) is 0 Å². The van der Waals surface area contributed by atoms with Crippen molar-refractivity contribution in [1.82, 2.24) is 0 Å². The summed E-state index contributed by atoms with van der Waals surface area (Å²) in [4.78, 5) is 0. The summed E-state index contributed by atoms with van der Waals surface area (Å²) in [7, 11) is 0. The van der Waals surface area contributed by atoms with E-state index in [1.165, 1.54) is 23.7 Å². The standard InChI is InChI=1S/C10H16/c1-2-8-5-6-9-4-3-7(1)10(8)9/h7-10H,1-6H2. The molecule has 0 N–H and O–H groups in total. The highest BCUT2D eigenvalue weighted by Gasteiger charge is 2.48. The second-order valence-electron chi connectivity index (χ2n) is 4.59. The van der Waals surface area contributed by atoms with Crippen LogP contribution in [0.2, 0.25) is 0 Å². The van der Waals surface area contributed by atoms with Crippen LogP contribution in [0.25, 0.3) is 0 Å². The van der Waals surface area contributed by atoms with Crippen LogP contribution in [0.15, 0.2) is 0 Å². The molecule has 0 aliphatic heterocycles. The van der Waals surface area contributed by atoms with Gasteiger partial charge in [-0.2, -0.15) is 0 Å². The van der Waals surface area contributed by atoms with Crippen LogP contribution in [0.1, 0.15) is 38.5 Å². The molecule has 0 heteroatoms. The van der Waals surface area contributed by atoms with Gasteiger partial charge in [0, 0.05) is 0 Å². The van der Waals surface area contributed by atoms with Crippen LogP contribution in [0.3, 0.4) is 0 Å². The number of hydrogen-bond acceptors (Lipinski definition) is 0.